The molecule has 1 rings (SSSR count). The summed E-state index contributed by atoms with van der Waals surface area (Å²) in [5, 5.41) is 0. The molecule has 0 radical (unpaired) electrons. The molecule has 3 nitrogen and oxygen atoms in total. The number of hydrogen-bond acceptors (Lipinski definition) is 3. The fraction of sp³-hybridized carbons (Fsp3) is 0.417. The Morgan fingerprint density at radius 2 is 2.13 bits per heavy atom. The minimum absolute atomic E-state index is 0.432. The molecule has 1 aromatic rings. The SMILES string of the molecule is Cc1cc(N)cc(C=O)c1OCC(C)C. The van der Waals surface area contributed by atoms with Gasteiger partial charge in [0.25, 0.3) is 0 Å². The van der Waals surface area contributed by atoms with Crippen molar-refractivity contribution in [2.75, 3.05) is 12.3 Å². The van der Waals surface area contributed by atoms with E-state index in [1.165, 1.54) is 0 Å². The monoisotopic (exact) mass is 207 g/mol. The third kappa shape index (κ3) is 2.98. The number of aryl methyl sites for hydroxylation is 1. The van der Waals surface area contributed by atoms with Crippen molar-refractivity contribution in [3.8, 4) is 5.75 Å². The van der Waals surface area contributed by atoms with Gasteiger partial charge in [0.05, 0.1) is 12.2 Å². The number of hydrogen-bond donors (Lipinski definition) is 1. The van der Waals surface area contributed by atoms with Crippen molar-refractivity contribution in [2.45, 2.75) is 20.8 Å². The summed E-state index contributed by atoms with van der Waals surface area (Å²) in [5.74, 6) is 1.08. The highest BCUT2D eigenvalue weighted by Crippen LogP contribution is 2.25. The van der Waals surface area contributed by atoms with Gasteiger partial charge in [-0.05, 0) is 30.5 Å². The molecule has 0 aliphatic rings. The minimum atomic E-state index is 0.432. The van der Waals surface area contributed by atoms with E-state index in [0.29, 0.717) is 29.5 Å². The third-order valence-electron chi connectivity index (χ3n) is 2.01. The molecular formula is C12H17NO2. The first kappa shape index (κ1) is 11.6. The Morgan fingerprint density at radius 3 is 2.67 bits per heavy atom. The first-order chi connectivity index (χ1) is 7.04. The molecule has 3 heteroatoms. The molecule has 2 N–H and O–H groups in total. The Hall–Kier alpha value is -1.51. The van der Waals surface area contributed by atoms with E-state index >= 15 is 0 Å². The summed E-state index contributed by atoms with van der Waals surface area (Å²) in [4.78, 5) is 10.8. The minimum Gasteiger partial charge on any atom is -0.492 e. The van der Waals surface area contributed by atoms with E-state index in [9.17, 15) is 4.79 Å². The van der Waals surface area contributed by atoms with E-state index in [4.69, 9.17) is 10.5 Å². The highest BCUT2D eigenvalue weighted by atomic mass is 16.5. The maximum atomic E-state index is 10.8. The van der Waals surface area contributed by atoms with Crippen LogP contribution in [0.2, 0.25) is 0 Å². The topological polar surface area (TPSA) is 52.3 Å². The molecule has 0 heterocycles. The van der Waals surface area contributed by atoms with E-state index in [1.807, 2.05) is 13.0 Å². The lowest BCUT2D eigenvalue weighted by molar-refractivity contribution is 0.111. The molecule has 1 aromatic carbocycles. The van der Waals surface area contributed by atoms with Gasteiger partial charge in [-0.1, -0.05) is 13.8 Å². The van der Waals surface area contributed by atoms with Crippen LogP contribution >= 0.6 is 0 Å². The van der Waals surface area contributed by atoms with E-state index in [1.54, 1.807) is 6.07 Å². The molecule has 15 heavy (non-hydrogen) atoms. The summed E-state index contributed by atoms with van der Waals surface area (Å²) < 4.78 is 5.59. The smallest absolute Gasteiger partial charge is 0.153 e. The van der Waals surface area contributed by atoms with Gasteiger partial charge in [-0.2, -0.15) is 0 Å². The van der Waals surface area contributed by atoms with E-state index in [-0.39, 0.29) is 0 Å². The molecule has 0 atom stereocenters. The van der Waals surface area contributed by atoms with E-state index < -0.39 is 0 Å². The summed E-state index contributed by atoms with van der Waals surface area (Å²) in [6.45, 7) is 6.62. The maximum Gasteiger partial charge on any atom is 0.153 e. The maximum absolute atomic E-state index is 10.8. The van der Waals surface area contributed by atoms with Crippen molar-refractivity contribution >= 4 is 12.0 Å². The van der Waals surface area contributed by atoms with Crippen LogP contribution < -0.4 is 10.5 Å². The van der Waals surface area contributed by atoms with Gasteiger partial charge in [0.1, 0.15) is 5.75 Å². The standard InChI is InChI=1S/C12H17NO2/c1-8(2)7-15-12-9(3)4-11(13)5-10(12)6-14/h4-6,8H,7,13H2,1-3H3. The molecule has 0 aliphatic heterocycles. The van der Waals surface area contributed by atoms with Crippen molar-refractivity contribution in [2.24, 2.45) is 5.92 Å². The lowest BCUT2D eigenvalue weighted by atomic mass is 10.1. The molecule has 82 valence electrons. The Labute approximate surface area is 90.2 Å². The predicted octanol–water partition coefficient (Wildman–Crippen LogP) is 2.42. The number of carbonyl (C=O) groups is 1. The summed E-state index contributed by atoms with van der Waals surface area (Å²) in [7, 11) is 0. The number of benzene rings is 1. The molecule has 0 spiro atoms. The molecule has 0 bridgehead atoms. The first-order valence-electron chi connectivity index (χ1n) is 5.02. The average molecular weight is 207 g/mol. The number of carbonyl (C=O) groups excluding carboxylic acids is 1. The van der Waals surface area contributed by atoms with Gasteiger partial charge in [0.2, 0.25) is 0 Å². The average Bonchev–Trinajstić information content (AvgIpc) is 2.14. The van der Waals surface area contributed by atoms with Crippen LogP contribution in [0.3, 0.4) is 0 Å². The van der Waals surface area contributed by atoms with E-state index in [0.717, 1.165) is 11.8 Å². The van der Waals surface area contributed by atoms with Gasteiger partial charge in [-0.3, -0.25) is 4.79 Å². The molecule has 0 saturated carbocycles. The van der Waals surface area contributed by atoms with Crippen LogP contribution in [0, 0.1) is 12.8 Å². The Morgan fingerprint density at radius 1 is 1.47 bits per heavy atom. The van der Waals surface area contributed by atoms with Gasteiger partial charge in [0, 0.05) is 5.69 Å². The Kier molecular flexibility index (Phi) is 3.72. The third-order valence-corrected chi connectivity index (χ3v) is 2.01. The van der Waals surface area contributed by atoms with Crippen LogP contribution in [0.25, 0.3) is 0 Å². The molecule has 0 unspecified atom stereocenters. The predicted molar refractivity (Wildman–Crippen MR) is 61.3 cm³/mol. The number of nitrogen functional groups attached to an aromatic ring is 1. The van der Waals surface area contributed by atoms with Crippen molar-refractivity contribution in [1.29, 1.82) is 0 Å². The van der Waals surface area contributed by atoms with E-state index in [2.05, 4.69) is 13.8 Å². The zero-order valence-corrected chi connectivity index (χ0v) is 9.41. The normalized spacial score (nSPS) is 10.4. The molecule has 0 aliphatic carbocycles. The van der Waals surface area contributed by atoms with Crippen LogP contribution in [-0.2, 0) is 0 Å². The number of ether oxygens (including phenoxy) is 1. The number of anilines is 1. The second-order valence-corrected chi connectivity index (χ2v) is 4.08. The first-order valence-corrected chi connectivity index (χ1v) is 5.02. The second kappa shape index (κ2) is 4.82. The van der Waals surface area contributed by atoms with Crippen LogP contribution in [0.1, 0.15) is 29.8 Å². The van der Waals surface area contributed by atoms with Gasteiger partial charge >= 0.3 is 0 Å². The lowest BCUT2D eigenvalue weighted by Gasteiger charge is -2.13. The van der Waals surface area contributed by atoms with Crippen molar-refractivity contribution in [3.05, 3.63) is 23.3 Å². The molecule has 0 amide bonds. The van der Waals surface area contributed by atoms with Gasteiger partial charge in [-0.25, -0.2) is 0 Å². The highest BCUT2D eigenvalue weighted by Gasteiger charge is 2.08. The van der Waals surface area contributed by atoms with Gasteiger partial charge < -0.3 is 10.5 Å². The van der Waals surface area contributed by atoms with Gasteiger partial charge in [0.15, 0.2) is 6.29 Å². The van der Waals surface area contributed by atoms with Crippen LogP contribution in [-0.4, -0.2) is 12.9 Å². The van der Waals surface area contributed by atoms with Crippen LogP contribution in [0.15, 0.2) is 12.1 Å². The molecule has 0 aromatic heterocycles. The second-order valence-electron chi connectivity index (χ2n) is 4.08. The molecule has 0 saturated heterocycles. The number of aldehydes is 1. The van der Waals surface area contributed by atoms with Crippen molar-refractivity contribution in [1.82, 2.24) is 0 Å². The van der Waals surface area contributed by atoms with Crippen molar-refractivity contribution < 1.29 is 9.53 Å². The number of rotatable bonds is 4. The summed E-state index contributed by atoms with van der Waals surface area (Å²) in [6, 6.07) is 3.44. The van der Waals surface area contributed by atoms with Crippen LogP contribution in [0.5, 0.6) is 5.75 Å². The number of nitrogens with two attached hydrogens (primary N) is 1. The zero-order valence-electron chi connectivity index (χ0n) is 9.41. The Balaban J connectivity index is 2.99. The Bertz CT molecular complexity index is 359. The fourth-order valence-corrected chi connectivity index (χ4v) is 1.36. The lowest BCUT2D eigenvalue weighted by Crippen LogP contribution is -2.07. The quantitative estimate of drug-likeness (QED) is 0.609. The summed E-state index contributed by atoms with van der Waals surface area (Å²) in [6.07, 6.45) is 0.777. The highest BCUT2D eigenvalue weighted by molar-refractivity contribution is 5.82. The molecular weight excluding hydrogens is 190 g/mol. The van der Waals surface area contributed by atoms with Gasteiger partial charge in [-0.15, -0.1) is 0 Å². The fourth-order valence-electron chi connectivity index (χ4n) is 1.36. The summed E-state index contributed by atoms with van der Waals surface area (Å²) in [5.41, 5.74) is 7.66. The summed E-state index contributed by atoms with van der Waals surface area (Å²) >= 11 is 0. The zero-order chi connectivity index (χ0) is 11.4. The van der Waals surface area contributed by atoms with Crippen LogP contribution in [0.4, 0.5) is 5.69 Å². The van der Waals surface area contributed by atoms with Crippen molar-refractivity contribution in [3.63, 3.8) is 0 Å². The largest absolute Gasteiger partial charge is 0.492 e. The molecule has 0 fully saturated rings.